The Balaban J connectivity index is 1.96. The number of ether oxygens (including phenoxy) is 2. The number of benzene rings is 2. The first-order valence-electron chi connectivity index (χ1n) is 9.78. The van der Waals surface area contributed by atoms with Crippen molar-refractivity contribution < 1.29 is 19.1 Å². The van der Waals surface area contributed by atoms with Crippen molar-refractivity contribution in [3.63, 3.8) is 0 Å². The molecule has 2 aromatic carbocycles. The van der Waals surface area contributed by atoms with Crippen molar-refractivity contribution >= 4 is 46.5 Å². The van der Waals surface area contributed by atoms with Gasteiger partial charge in [0.05, 0.1) is 12.2 Å². The molecule has 3 aromatic rings. The lowest BCUT2D eigenvalue weighted by molar-refractivity contribution is -0.140. The zero-order valence-corrected chi connectivity index (χ0v) is 18.2. The van der Waals surface area contributed by atoms with Gasteiger partial charge in [-0.15, -0.1) is 0 Å². The lowest BCUT2D eigenvalue weighted by Crippen LogP contribution is -2.45. The van der Waals surface area contributed by atoms with E-state index in [-0.39, 0.29) is 39.8 Å². The van der Waals surface area contributed by atoms with Crippen molar-refractivity contribution in [2.24, 2.45) is 0 Å². The average Bonchev–Trinajstić information content (AvgIpc) is 3.06. The molecule has 0 radical (unpaired) electrons. The lowest BCUT2D eigenvalue weighted by atomic mass is 9.68. The molecule has 5 rings (SSSR count). The van der Waals surface area contributed by atoms with E-state index in [9.17, 15) is 9.59 Å². The number of hydrogen-bond donors (Lipinski definition) is 1. The Kier molecular flexibility index (Phi) is 4.87. The Hall–Kier alpha value is -3.42. The molecule has 2 aliphatic rings. The summed E-state index contributed by atoms with van der Waals surface area (Å²) in [5, 5.41) is 2.61. The van der Waals surface area contributed by atoms with Gasteiger partial charge in [-0.2, -0.15) is 4.98 Å². The molecule has 9 heteroatoms. The van der Waals surface area contributed by atoms with Crippen LogP contribution >= 0.6 is 23.2 Å². The number of para-hydroxylation sites is 1. The minimum absolute atomic E-state index is 0.00578. The van der Waals surface area contributed by atoms with Crippen molar-refractivity contribution in [1.29, 1.82) is 0 Å². The molecule has 1 atom stereocenters. The lowest BCUT2D eigenvalue weighted by Gasteiger charge is -2.36. The molecule has 32 heavy (non-hydrogen) atoms. The smallest absolute Gasteiger partial charge is 0.339 e. The van der Waals surface area contributed by atoms with E-state index in [1.54, 1.807) is 55.5 Å². The minimum Gasteiger partial charge on any atom is -0.462 e. The Labute approximate surface area is 193 Å². The second kappa shape index (κ2) is 7.62. The number of esters is 1. The van der Waals surface area contributed by atoms with E-state index in [2.05, 4.69) is 15.3 Å². The maximum Gasteiger partial charge on any atom is 0.339 e. The van der Waals surface area contributed by atoms with Crippen molar-refractivity contribution in [3.8, 4) is 5.88 Å². The van der Waals surface area contributed by atoms with Crippen molar-refractivity contribution in [2.75, 3.05) is 11.9 Å². The number of nitrogens with one attached hydrogen (secondary N) is 1. The summed E-state index contributed by atoms with van der Waals surface area (Å²) in [5.74, 6) is -1.08. The van der Waals surface area contributed by atoms with Crippen molar-refractivity contribution in [3.05, 3.63) is 87.3 Å². The molecule has 0 fully saturated rings. The van der Waals surface area contributed by atoms with Gasteiger partial charge in [-0.3, -0.25) is 4.79 Å². The first-order chi connectivity index (χ1) is 15.5. The van der Waals surface area contributed by atoms with Crippen LogP contribution in [0.1, 0.15) is 23.6 Å². The summed E-state index contributed by atoms with van der Waals surface area (Å²) in [6.07, 6.45) is 0. The summed E-state index contributed by atoms with van der Waals surface area (Å²) < 4.78 is 11.5. The fourth-order valence-corrected chi connectivity index (χ4v) is 4.72. The van der Waals surface area contributed by atoms with E-state index in [0.29, 0.717) is 16.8 Å². The number of aromatic nitrogens is 2. The van der Waals surface area contributed by atoms with Crippen LogP contribution in [-0.2, 0) is 19.7 Å². The van der Waals surface area contributed by atoms with Crippen LogP contribution in [0.15, 0.2) is 60.2 Å². The molecule has 3 heterocycles. The number of carbonyl (C=O) groups excluding carboxylic acids is 2. The second-order valence-corrected chi connectivity index (χ2v) is 7.80. The van der Waals surface area contributed by atoms with E-state index in [0.717, 1.165) is 0 Å². The highest BCUT2D eigenvalue weighted by molar-refractivity contribution is 6.34. The van der Waals surface area contributed by atoms with E-state index < -0.39 is 17.3 Å². The molecule has 160 valence electrons. The van der Waals surface area contributed by atoms with Gasteiger partial charge in [-0.1, -0.05) is 60.1 Å². The number of rotatable bonds is 3. The van der Waals surface area contributed by atoms with E-state index in [1.807, 2.05) is 6.07 Å². The van der Waals surface area contributed by atoms with Gasteiger partial charge in [-0.05, 0) is 24.6 Å². The highest BCUT2D eigenvalue weighted by Crippen LogP contribution is 2.56. The van der Waals surface area contributed by atoms with Crippen LogP contribution in [0.4, 0.5) is 5.69 Å². The summed E-state index contributed by atoms with van der Waals surface area (Å²) in [6, 6.07) is 16.0. The monoisotopic (exact) mass is 467 g/mol. The zero-order valence-electron chi connectivity index (χ0n) is 16.7. The van der Waals surface area contributed by atoms with Gasteiger partial charge in [0.15, 0.2) is 0 Å². The molecule has 1 spiro atoms. The zero-order chi connectivity index (χ0) is 22.5. The van der Waals surface area contributed by atoms with Gasteiger partial charge in [0.2, 0.25) is 17.1 Å². The largest absolute Gasteiger partial charge is 0.462 e. The summed E-state index contributed by atoms with van der Waals surface area (Å²) in [6.45, 7) is 1.78. The normalized spacial score (nSPS) is 18.7. The first-order valence-corrected chi connectivity index (χ1v) is 10.5. The number of hydrogen-bond acceptors (Lipinski definition) is 6. The maximum absolute atomic E-state index is 13.7. The van der Waals surface area contributed by atoms with Crippen LogP contribution in [-0.4, -0.2) is 28.5 Å². The third-order valence-electron chi connectivity index (χ3n) is 5.42. The maximum atomic E-state index is 13.7. The van der Waals surface area contributed by atoms with Crippen molar-refractivity contribution in [2.45, 2.75) is 12.3 Å². The van der Waals surface area contributed by atoms with E-state index >= 15 is 0 Å². The molecule has 1 aromatic heterocycles. The van der Waals surface area contributed by atoms with Gasteiger partial charge < -0.3 is 14.8 Å². The first kappa shape index (κ1) is 20.5. The Morgan fingerprint density at radius 1 is 1.09 bits per heavy atom. The van der Waals surface area contributed by atoms with E-state index in [1.165, 1.54) is 0 Å². The highest BCUT2D eigenvalue weighted by Gasteiger charge is 2.60. The van der Waals surface area contributed by atoms with Crippen LogP contribution in [0.3, 0.4) is 0 Å². The fraction of sp³-hybridized carbons (Fsp3) is 0.130. The third-order valence-corrected chi connectivity index (χ3v) is 5.86. The molecule has 7 nitrogen and oxygen atoms in total. The third kappa shape index (κ3) is 2.82. The number of nitrogens with zero attached hydrogens (tertiary/aromatic N) is 2. The fourth-order valence-electron chi connectivity index (χ4n) is 4.22. The molecule has 0 saturated carbocycles. The number of fused-ring (bicyclic) bond motifs is 4. The van der Waals surface area contributed by atoms with Crippen LogP contribution in [0.25, 0.3) is 5.76 Å². The molecular formula is C23H15Cl2N3O4. The van der Waals surface area contributed by atoms with Crippen molar-refractivity contribution in [1.82, 2.24) is 9.97 Å². The van der Waals surface area contributed by atoms with Gasteiger partial charge in [0.1, 0.15) is 21.9 Å². The summed E-state index contributed by atoms with van der Waals surface area (Å²) in [5.41, 5.74) is 0.0404. The Morgan fingerprint density at radius 2 is 1.81 bits per heavy atom. The molecular weight excluding hydrogens is 453 g/mol. The number of anilines is 1. The van der Waals surface area contributed by atoms with Gasteiger partial charge >= 0.3 is 5.97 Å². The van der Waals surface area contributed by atoms with Gasteiger partial charge in [0.25, 0.3) is 0 Å². The predicted molar refractivity (Wildman–Crippen MR) is 119 cm³/mol. The topological polar surface area (TPSA) is 90.4 Å². The second-order valence-electron chi connectivity index (χ2n) is 7.11. The molecule has 0 saturated heterocycles. The van der Waals surface area contributed by atoms with Gasteiger partial charge in [-0.25, -0.2) is 9.78 Å². The quantitative estimate of drug-likeness (QED) is 0.349. The highest BCUT2D eigenvalue weighted by atomic mass is 35.5. The summed E-state index contributed by atoms with van der Waals surface area (Å²) in [7, 11) is 0. The molecule has 0 aliphatic carbocycles. The number of halogens is 2. The summed E-state index contributed by atoms with van der Waals surface area (Å²) >= 11 is 12.6. The van der Waals surface area contributed by atoms with Gasteiger partial charge in [0, 0.05) is 16.8 Å². The molecule has 0 unspecified atom stereocenters. The standard InChI is InChI=1S/C23H15Cl2N3O4/c1-2-31-20(29)15-17(12-8-4-3-5-9-12)32-19-16(18(24)27-22(25)28-19)23(15)13-10-6-7-11-14(13)26-21(23)30/h3-11H,2H2,1H3,(H,26,30)/t23-/m0/s1. The Morgan fingerprint density at radius 3 is 2.56 bits per heavy atom. The van der Waals surface area contributed by atoms with Crippen LogP contribution in [0.5, 0.6) is 5.88 Å². The molecule has 1 amide bonds. The minimum atomic E-state index is -1.69. The molecule has 0 bridgehead atoms. The number of carbonyl (C=O) groups is 2. The van der Waals surface area contributed by atoms with E-state index in [4.69, 9.17) is 32.7 Å². The SMILES string of the molecule is CCOC(=O)C1=C(c2ccccc2)Oc2nc(Cl)nc(Cl)c2[C@@]12C(=O)Nc1ccccc12. The molecule has 1 N–H and O–H groups in total. The Bertz CT molecular complexity index is 1310. The average molecular weight is 468 g/mol. The summed E-state index contributed by atoms with van der Waals surface area (Å²) in [4.78, 5) is 35.4. The molecule has 2 aliphatic heterocycles. The van der Waals surface area contributed by atoms with Crippen LogP contribution in [0, 0.1) is 0 Å². The predicted octanol–water partition coefficient (Wildman–Crippen LogP) is 4.39. The number of amides is 1. The van der Waals surface area contributed by atoms with Crippen LogP contribution < -0.4 is 10.1 Å². The van der Waals surface area contributed by atoms with Crippen LogP contribution in [0.2, 0.25) is 10.4 Å².